The van der Waals surface area contributed by atoms with E-state index in [4.69, 9.17) is 0 Å². The van der Waals surface area contributed by atoms with Gasteiger partial charge < -0.3 is 5.11 Å². The molecule has 1 aromatic heterocycles. The fourth-order valence-electron chi connectivity index (χ4n) is 1.85. The van der Waals surface area contributed by atoms with Crippen LogP contribution in [-0.4, -0.2) is 15.9 Å². The largest absolute Gasteiger partial charge is 0.505 e. The molecule has 0 aliphatic carbocycles. The zero-order valence-electron chi connectivity index (χ0n) is 9.53. The number of benzene rings is 1. The number of fused-ring (bicyclic) bond motifs is 1. The molecule has 16 heavy (non-hydrogen) atoms. The number of carbonyl (C=O) groups is 1. The lowest BCUT2D eigenvalue weighted by molar-refractivity contribution is 0.101. The second kappa shape index (κ2) is 3.59. The molecule has 1 aromatic carbocycles. The van der Waals surface area contributed by atoms with Gasteiger partial charge in [-0.1, -0.05) is 11.6 Å². The van der Waals surface area contributed by atoms with Gasteiger partial charge in [-0.2, -0.15) is 0 Å². The highest BCUT2D eigenvalue weighted by atomic mass is 16.3. The average Bonchev–Trinajstić information content (AvgIpc) is 2.20. The van der Waals surface area contributed by atoms with Gasteiger partial charge in [0.05, 0.1) is 16.8 Å². The molecular formula is C13H13NO2. The van der Waals surface area contributed by atoms with Crippen LogP contribution in [0.15, 0.2) is 18.2 Å². The van der Waals surface area contributed by atoms with Gasteiger partial charge in [-0.15, -0.1) is 0 Å². The van der Waals surface area contributed by atoms with E-state index < -0.39 is 0 Å². The first-order valence-electron chi connectivity index (χ1n) is 5.11. The van der Waals surface area contributed by atoms with Crippen LogP contribution in [0.25, 0.3) is 10.9 Å². The van der Waals surface area contributed by atoms with Gasteiger partial charge in [-0.25, -0.2) is 4.98 Å². The molecule has 82 valence electrons. The summed E-state index contributed by atoms with van der Waals surface area (Å²) < 4.78 is 0. The Kier molecular flexibility index (Phi) is 2.38. The van der Waals surface area contributed by atoms with Crippen molar-refractivity contribution in [1.29, 1.82) is 0 Å². The number of hydrogen-bond donors (Lipinski definition) is 1. The van der Waals surface area contributed by atoms with Crippen molar-refractivity contribution < 1.29 is 9.90 Å². The molecule has 0 spiro atoms. The number of aromatic hydroxyl groups is 1. The molecule has 0 fully saturated rings. The molecule has 0 saturated heterocycles. The first-order chi connectivity index (χ1) is 7.50. The van der Waals surface area contributed by atoms with Gasteiger partial charge >= 0.3 is 0 Å². The lowest BCUT2D eigenvalue weighted by Crippen LogP contribution is -1.99. The predicted molar refractivity (Wildman–Crippen MR) is 62.9 cm³/mol. The van der Waals surface area contributed by atoms with Crippen LogP contribution >= 0.6 is 0 Å². The van der Waals surface area contributed by atoms with Crippen molar-refractivity contribution in [3.05, 3.63) is 35.0 Å². The summed E-state index contributed by atoms with van der Waals surface area (Å²) in [7, 11) is 0. The second-order valence-corrected chi connectivity index (χ2v) is 4.00. The number of ketones is 1. The number of pyridine rings is 1. The Hall–Kier alpha value is -1.90. The monoisotopic (exact) mass is 215 g/mol. The van der Waals surface area contributed by atoms with Crippen LogP contribution in [0.3, 0.4) is 0 Å². The summed E-state index contributed by atoms with van der Waals surface area (Å²) in [6.07, 6.45) is 0. The molecule has 1 N–H and O–H groups in total. The molecule has 0 amide bonds. The molecule has 2 rings (SSSR count). The Morgan fingerprint density at radius 1 is 1.31 bits per heavy atom. The molecule has 0 atom stereocenters. The van der Waals surface area contributed by atoms with Crippen molar-refractivity contribution >= 4 is 16.7 Å². The Morgan fingerprint density at radius 3 is 2.62 bits per heavy atom. The number of hydrogen-bond acceptors (Lipinski definition) is 3. The first kappa shape index (κ1) is 10.6. The van der Waals surface area contributed by atoms with Crippen molar-refractivity contribution in [2.45, 2.75) is 20.8 Å². The topological polar surface area (TPSA) is 50.2 Å². The molecule has 3 heteroatoms. The van der Waals surface area contributed by atoms with Crippen LogP contribution in [0.4, 0.5) is 0 Å². The molecular weight excluding hydrogens is 202 g/mol. The number of rotatable bonds is 1. The van der Waals surface area contributed by atoms with Gasteiger partial charge in [0.2, 0.25) is 0 Å². The van der Waals surface area contributed by atoms with E-state index in [9.17, 15) is 9.90 Å². The van der Waals surface area contributed by atoms with Gasteiger partial charge in [0.1, 0.15) is 5.75 Å². The van der Waals surface area contributed by atoms with Gasteiger partial charge in [0.15, 0.2) is 5.78 Å². The number of carbonyl (C=O) groups excluding carboxylic acids is 1. The molecule has 0 bridgehead atoms. The standard InChI is InChI=1S/C13H13NO2/c1-7-4-5-11-10(6-7)12(9(3)15)13(16)8(2)14-11/h4-6,16H,1-3H3. The minimum absolute atomic E-state index is 0.00870. The van der Waals surface area contributed by atoms with Crippen molar-refractivity contribution in [3.63, 3.8) is 0 Å². The van der Waals surface area contributed by atoms with E-state index in [0.29, 0.717) is 11.3 Å². The Balaban J connectivity index is 2.96. The number of aryl methyl sites for hydroxylation is 2. The smallest absolute Gasteiger partial charge is 0.164 e. The molecule has 0 aliphatic heterocycles. The molecule has 1 heterocycles. The van der Waals surface area contributed by atoms with Crippen LogP contribution in [0.5, 0.6) is 5.75 Å². The molecule has 2 aromatic rings. The van der Waals surface area contributed by atoms with Gasteiger partial charge in [0.25, 0.3) is 0 Å². The third-order valence-corrected chi connectivity index (χ3v) is 2.64. The van der Waals surface area contributed by atoms with Crippen LogP contribution in [-0.2, 0) is 0 Å². The molecule has 0 unspecified atom stereocenters. The zero-order chi connectivity index (χ0) is 11.9. The predicted octanol–water partition coefficient (Wildman–Crippen LogP) is 2.76. The summed E-state index contributed by atoms with van der Waals surface area (Å²) in [6, 6.07) is 5.68. The summed E-state index contributed by atoms with van der Waals surface area (Å²) in [5, 5.41) is 10.6. The highest BCUT2D eigenvalue weighted by molar-refractivity contribution is 6.08. The maximum atomic E-state index is 11.6. The van der Waals surface area contributed by atoms with Gasteiger partial charge in [0, 0.05) is 5.39 Å². The summed E-state index contributed by atoms with van der Waals surface area (Å²) in [6.45, 7) is 5.09. The van der Waals surface area contributed by atoms with Crippen LogP contribution in [0, 0.1) is 13.8 Å². The maximum absolute atomic E-state index is 11.6. The van der Waals surface area contributed by atoms with E-state index in [1.807, 2.05) is 25.1 Å². The third kappa shape index (κ3) is 1.54. The number of nitrogens with zero attached hydrogens (tertiary/aromatic N) is 1. The van der Waals surface area contributed by atoms with E-state index in [0.717, 1.165) is 16.5 Å². The normalized spacial score (nSPS) is 10.7. The minimum atomic E-state index is -0.140. The van der Waals surface area contributed by atoms with Gasteiger partial charge in [-0.3, -0.25) is 4.79 Å². The van der Waals surface area contributed by atoms with Gasteiger partial charge in [-0.05, 0) is 32.9 Å². The van der Waals surface area contributed by atoms with E-state index in [-0.39, 0.29) is 11.5 Å². The second-order valence-electron chi connectivity index (χ2n) is 4.00. The lowest BCUT2D eigenvalue weighted by Gasteiger charge is -2.09. The Labute approximate surface area is 93.7 Å². The summed E-state index contributed by atoms with van der Waals surface area (Å²) in [5.74, 6) is -0.149. The molecule has 0 saturated carbocycles. The maximum Gasteiger partial charge on any atom is 0.164 e. The zero-order valence-corrected chi connectivity index (χ0v) is 9.53. The van der Waals surface area contributed by atoms with Crippen LogP contribution in [0.2, 0.25) is 0 Å². The first-order valence-corrected chi connectivity index (χ1v) is 5.11. The summed E-state index contributed by atoms with van der Waals surface area (Å²) in [5.41, 5.74) is 2.64. The highest BCUT2D eigenvalue weighted by Crippen LogP contribution is 2.29. The Bertz CT molecular complexity index is 588. The van der Waals surface area contributed by atoms with Crippen LogP contribution in [0.1, 0.15) is 28.5 Å². The van der Waals surface area contributed by atoms with Crippen molar-refractivity contribution in [2.75, 3.05) is 0 Å². The molecule has 0 aliphatic rings. The lowest BCUT2D eigenvalue weighted by atomic mass is 10.0. The average molecular weight is 215 g/mol. The van der Waals surface area contributed by atoms with Crippen molar-refractivity contribution in [2.24, 2.45) is 0 Å². The summed E-state index contributed by atoms with van der Waals surface area (Å²) >= 11 is 0. The van der Waals surface area contributed by atoms with E-state index in [1.54, 1.807) is 6.92 Å². The quantitative estimate of drug-likeness (QED) is 0.744. The summed E-state index contributed by atoms with van der Waals surface area (Å²) in [4.78, 5) is 15.8. The fraction of sp³-hybridized carbons (Fsp3) is 0.231. The third-order valence-electron chi connectivity index (χ3n) is 2.64. The van der Waals surface area contributed by atoms with E-state index in [2.05, 4.69) is 4.98 Å². The molecule has 3 nitrogen and oxygen atoms in total. The Morgan fingerprint density at radius 2 is 2.00 bits per heavy atom. The van der Waals surface area contributed by atoms with Crippen molar-refractivity contribution in [1.82, 2.24) is 4.98 Å². The van der Waals surface area contributed by atoms with Crippen LogP contribution < -0.4 is 0 Å². The minimum Gasteiger partial charge on any atom is -0.505 e. The fourth-order valence-corrected chi connectivity index (χ4v) is 1.85. The highest BCUT2D eigenvalue weighted by Gasteiger charge is 2.15. The number of Topliss-reactive ketones (excluding diaryl/α,β-unsaturated/α-hetero) is 1. The van der Waals surface area contributed by atoms with E-state index >= 15 is 0 Å². The van der Waals surface area contributed by atoms with Crippen molar-refractivity contribution in [3.8, 4) is 5.75 Å². The molecule has 0 radical (unpaired) electrons. The number of aromatic nitrogens is 1. The SMILES string of the molecule is CC(=O)c1c(O)c(C)nc2ccc(C)cc12. The van der Waals surface area contributed by atoms with E-state index in [1.165, 1.54) is 6.92 Å².